The maximum Gasteiger partial charge on any atom is 0.328 e. The molecule has 1 N–H and O–H groups in total. The molecule has 1 amide bonds. The average Bonchev–Trinajstić information content (AvgIpc) is 2.60. The minimum atomic E-state index is -0.911. The first-order valence-corrected chi connectivity index (χ1v) is 7.71. The molecule has 0 spiro atoms. The molecule has 2 aromatic carbocycles. The molecule has 0 aliphatic heterocycles. The Morgan fingerprint density at radius 1 is 1.24 bits per heavy atom. The van der Waals surface area contributed by atoms with Crippen LogP contribution in [0.5, 0.6) is 0 Å². The standard InChI is InChI=1S/C17H15ClN2O5/c1-11(17(22)25-10-12-5-3-2-4-6-12)19-16(21)13-7-8-14(18)15(9-13)20(23)24/h2-9,11H,10H2,1H3,(H,19,21)/t11-/m0/s1. The van der Waals surface area contributed by atoms with Crippen LogP contribution < -0.4 is 5.32 Å². The Morgan fingerprint density at radius 2 is 1.92 bits per heavy atom. The third kappa shape index (κ3) is 5.02. The summed E-state index contributed by atoms with van der Waals surface area (Å²) in [6, 6.07) is 11.8. The van der Waals surface area contributed by atoms with E-state index in [4.69, 9.17) is 16.3 Å². The number of esters is 1. The molecule has 0 bridgehead atoms. The predicted molar refractivity (Wildman–Crippen MR) is 91.3 cm³/mol. The van der Waals surface area contributed by atoms with E-state index in [1.165, 1.54) is 19.1 Å². The number of benzene rings is 2. The quantitative estimate of drug-likeness (QED) is 0.483. The van der Waals surface area contributed by atoms with E-state index in [9.17, 15) is 19.7 Å². The van der Waals surface area contributed by atoms with Gasteiger partial charge in [0.1, 0.15) is 17.7 Å². The fourth-order valence-corrected chi connectivity index (χ4v) is 2.17. The molecule has 2 rings (SSSR count). The number of hydrogen-bond donors (Lipinski definition) is 1. The zero-order valence-electron chi connectivity index (χ0n) is 13.3. The minimum absolute atomic E-state index is 0.0267. The van der Waals surface area contributed by atoms with Gasteiger partial charge in [-0.3, -0.25) is 14.9 Å². The molecule has 0 aliphatic rings. The zero-order valence-corrected chi connectivity index (χ0v) is 14.0. The Hall–Kier alpha value is -2.93. The van der Waals surface area contributed by atoms with Crippen LogP contribution in [-0.2, 0) is 16.1 Å². The van der Waals surface area contributed by atoms with Crippen LogP contribution in [0.15, 0.2) is 48.5 Å². The van der Waals surface area contributed by atoms with Crippen LogP contribution in [0.1, 0.15) is 22.8 Å². The van der Waals surface area contributed by atoms with E-state index in [-0.39, 0.29) is 22.9 Å². The third-order valence-corrected chi connectivity index (χ3v) is 3.65. The van der Waals surface area contributed by atoms with Crippen molar-refractivity contribution in [2.24, 2.45) is 0 Å². The van der Waals surface area contributed by atoms with E-state index >= 15 is 0 Å². The molecule has 0 aliphatic carbocycles. The monoisotopic (exact) mass is 362 g/mol. The first kappa shape index (κ1) is 18.4. The fourth-order valence-electron chi connectivity index (χ4n) is 1.99. The Labute approximate surface area is 148 Å². The number of hydrogen-bond acceptors (Lipinski definition) is 5. The number of nitrogens with one attached hydrogen (secondary N) is 1. The van der Waals surface area contributed by atoms with Gasteiger partial charge >= 0.3 is 5.97 Å². The first-order chi connectivity index (χ1) is 11.9. The highest BCUT2D eigenvalue weighted by Crippen LogP contribution is 2.25. The summed E-state index contributed by atoms with van der Waals surface area (Å²) in [6.45, 7) is 1.56. The van der Waals surface area contributed by atoms with E-state index in [2.05, 4.69) is 5.32 Å². The molecule has 1 atom stereocenters. The summed E-state index contributed by atoms with van der Waals surface area (Å²) in [4.78, 5) is 34.3. The Kier molecular flexibility index (Phi) is 6.08. The van der Waals surface area contributed by atoms with Gasteiger partial charge in [-0.15, -0.1) is 0 Å². The number of amides is 1. The van der Waals surface area contributed by atoms with Crippen LogP contribution in [-0.4, -0.2) is 22.8 Å². The molecule has 8 heteroatoms. The number of nitro benzene ring substituents is 1. The zero-order chi connectivity index (χ0) is 18.4. The lowest BCUT2D eigenvalue weighted by Gasteiger charge is -2.13. The largest absolute Gasteiger partial charge is 0.459 e. The van der Waals surface area contributed by atoms with Crippen LogP contribution in [0.25, 0.3) is 0 Å². The summed E-state index contributed by atoms with van der Waals surface area (Å²) in [5, 5.41) is 13.2. The van der Waals surface area contributed by atoms with Gasteiger partial charge in [-0.25, -0.2) is 4.79 Å². The van der Waals surface area contributed by atoms with Crippen LogP contribution in [0, 0.1) is 10.1 Å². The van der Waals surface area contributed by atoms with Gasteiger partial charge in [0.15, 0.2) is 0 Å². The van der Waals surface area contributed by atoms with Crippen molar-refractivity contribution in [3.8, 4) is 0 Å². The van der Waals surface area contributed by atoms with Crippen molar-refractivity contribution in [1.82, 2.24) is 5.32 Å². The van der Waals surface area contributed by atoms with Crippen molar-refractivity contribution < 1.29 is 19.2 Å². The van der Waals surface area contributed by atoms with Gasteiger partial charge in [-0.2, -0.15) is 0 Å². The van der Waals surface area contributed by atoms with E-state index in [1.807, 2.05) is 30.3 Å². The maximum atomic E-state index is 12.1. The Bertz CT molecular complexity index is 795. The summed E-state index contributed by atoms with van der Waals surface area (Å²) in [5.74, 6) is -1.25. The van der Waals surface area contributed by atoms with E-state index in [1.54, 1.807) is 0 Å². The summed E-state index contributed by atoms with van der Waals surface area (Å²) < 4.78 is 5.12. The van der Waals surface area contributed by atoms with Crippen LogP contribution >= 0.6 is 11.6 Å². The maximum absolute atomic E-state index is 12.1. The predicted octanol–water partition coefficient (Wildman–Crippen LogP) is 3.11. The summed E-state index contributed by atoms with van der Waals surface area (Å²) in [5.41, 5.74) is 0.468. The molecule has 2 aromatic rings. The van der Waals surface area contributed by atoms with Crippen molar-refractivity contribution >= 4 is 29.2 Å². The van der Waals surface area contributed by atoms with Gasteiger partial charge in [0.05, 0.1) is 4.92 Å². The lowest BCUT2D eigenvalue weighted by atomic mass is 10.1. The summed E-state index contributed by atoms with van der Waals surface area (Å²) in [7, 11) is 0. The fraction of sp³-hybridized carbons (Fsp3) is 0.176. The Balaban J connectivity index is 1.96. The second-order valence-corrected chi connectivity index (χ2v) is 5.62. The van der Waals surface area contributed by atoms with E-state index in [0.29, 0.717) is 0 Å². The minimum Gasteiger partial charge on any atom is -0.459 e. The topological polar surface area (TPSA) is 98.5 Å². The Morgan fingerprint density at radius 3 is 2.56 bits per heavy atom. The van der Waals surface area contributed by atoms with Gasteiger partial charge < -0.3 is 10.1 Å². The van der Waals surface area contributed by atoms with Gasteiger partial charge in [0, 0.05) is 11.6 Å². The number of nitro groups is 1. The molecule has 7 nitrogen and oxygen atoms in total. The molecule has 130 valence electrons. The van der Waals surface area contributed by atoms with Crippen molar-refractivity contribution in [1.29, 1.82) is 0 Å². The van der Waals surface area contributed by atoms with Crippen molar-refractivity contribution in [2.75, 3.05) is 0 Å². The lowest BCUT2D eigenvalue weighted by Crippen LogP contribution is -2.39. The summed E-state index contributed by atoms with van der Waals surface area (Å²) >= 11 is 5.70. The number of ether oxygens (including phenoxy) is 1. The SMILES string of the molecule is C[C@H](NC(=O)c1ccc(Cl)c([N+](=O)[O-])c1)C(=O)OCc1ccccc1. The van der Waals surface area contributed by atoms with E-state index < -0.39 is 22.8 Å². The lowest BCUT2D eigenvalue weighted by molar-refractivity contribution is -0.384. The van der Waals surface area contributed by atoms with Crippen molar-refractivity contribution in [3.05, 3.63) is 74.8 Å². The molecule has 0 radical (unpaired) electrons. The highest BCUT2D eigenvalue weighted by atomic mass is 35.5. The molecule has 0 fully saturated rings. The highest BCUT2D eigenvalue weighted by Gasteiger charge is 2.21. The second kappa shape index (κ2) is 8.25. The molecule has 0 saturated carbocycles. The summed E-state index contributed by atoms with van der Waals surface area (Å²) in [6.07, 6.45) is 0. The van der Waals surface area contributed by atoms with Gasteiger partial charge in [0.25, 0.3) is 11.6 Å². The molecular formula is C17H15ClN2O5. The molecule has 0 unspecified atom stereocenters. The molecular weight excluding hydrogens is 348 g/mol. The highest BCUT2D eigenvalue weighted by molar-refractivity contribution is 6.32. The van der Waals surface area contributed by atoms with Gasteiger partial charge in [-0.05, 0) is 24.6 Å². The van der Waals surface area contributed by atoms with Crippen LogP contribution in [0.3, 0.4) is 0 Å². The second-order valence-electron chi connectivity index (χ2n) is 5.21. The molecule has 25 heavy (non-hydrogen) atoms. The number of nitrogens with zero attached hydrogens (tertiary/aromatic N) is 1. The van der Waals surface area contributed by atoms with E-state index in [0.717, 1.165) is 11.6 Å². The normalized spacial score (nSPS) is 11.4. The van der Waals surface area contributed by atoms with Gasteiger partial charge in [-0.1, -0.05) is 41.9 Å². The number of rotatable bonds is 6. The number of carbonyl (C=O) groups is 2. The molecule has 0 aromatic heterocycles. The van der Waals surface area contributed by atoms with Crippen LogP contribution in [0.2, 0.25) is 5.02 Å². The van der Waals surface area contributed by atoms with Crippen molar-refractivity contribution in [2.45, 2.75) is 19.6 Å². The average molecular weight is 363 g/mol. The van der Waals surface area contributed by atoms with Crippen LogP contribution in [0.4, 0.5) is 5.69 Å². The number of carbonyl (C=O) groups excluding carboxylic acids is 2. The molecule has 0 saturated heterocycles. The first-order valence-electron chi connectivity index (χ1n) is 7.34. The smallest absolute Gasteiger partial charge is 0.328 e. The third-order valence-electron chi connectivity index (χ3n) is 3.33. The van der Waals surface area contributed by atoms with Crippen molar-refractivity contribution in [3.63, 3.8) is 0 Å². The molecule has 0 heterocycles. The van der Waals surface area contributed by atoms with Gasteiger partial charge in [0.2, 0.25) is 0 Å². The number of halogens is 1.